The van der Waals surface area contributed by atoms with E-state index in [2.05, 4.69) is 43.7 Å². The van der Waals surface area contributed by atoms with Gasteiger partial charge in [0.15, 0.2) is 24.3 Å². The van der Waals surface area contributed by atoms with Crippen LogP contribution in [0.2, 0.25) is 0 Å². The monoisotopic (exact) mass is 941 g/mol. The molecule has 68 heavy (non-hydrogen) atoms. The number of Topliss-reactive ketones (excluding diaryl/α,β-unsaturated/α-hetero) is 1. The maximum atomic E-state index is 14.8. The van der Waals surface area contributed by atoms with E-state index in [0.717, 1.165) is 75.3 Å². The van der Waals surface area contributed by atoms with Crippen molar-refractivity contribution < 1.29 is 47.7 Å². The van der Waals surface area contributed by atoms with Gasteiger partial charge in [0.2, 0.25) is 5.78 Å². The molecule has 0 aromatic heterocycles. The number of unbranched alkanes of at least 4 members (excludes halogenated alkanes) is 11. The van der Waals surface area contributed by atoms with E-state index in [-0.39, 0.29) is 53.7 Å². The number of ether oxygens (including phenoxy) is 5. The maximum absolute atomic E-state index is 14.8. The molecule has 10 heteroatoms. The molecule has 0 spiro atoms. The Kier molecular flexibility index (Phi) is 20.3. The number of rotatable bonds is 24. The normalized spacial score (nSPS) is 30.6. The zero-order chi connectivity index (χ0) is 48.6. The predicted octanol–water partition coefficient (Wildman–Crippen LogP) is 12.7. The van der Waals surface area contributed by atoms with E-state index in [1.807, 2.05) is 30.3 Å². The van der Waals surface area contributed by atoms with Crippen molar-refractivity contribution in [2.75, 3.05) is 6.61 Å². The standard InChI is InChI=1S/C50H76O8.C8H8O2/c1-6-7-8-9-10-11-12-13-14-15-16-17-18-19-23-26-44(53)56-41-33-49(5)40(39-28-27-37-31-38(51)29-30-48(37,4)45(39)41)32-43-50(49,42(52)34-55-46(54)35(2)3)58-47(57-43)36-24-21-20-22-25-36;9-7-10-6-8-4-2-1-3-5-8/h16-17,29-31,35-36,39-41,43,45,47H,6-15,18-28,32-34H2,1-5H3;1-5,7H,6H2/b17-16+;/t39?,40?,41-,43?,45?,47+,48-,49-,50+;/m0./s1. The van der Waals surface area contributed by atoms with Gasteiger partial charge in [0.1, 0.15) is 12.7 Å². The minimum absolute atomic E-state index is 0.00813. The van der Waals surface area contributed by atoms with Gasteiger partial charge in [-0.2, -0.15) is 0 Å². The van der Waals surface area contributed by atoms with Gasteiger partial charge in [0.25, 0.3) is 6.47 Å². The molecule has 7 rings (SSSR count). The van der Waals surface area contributed by atoms with E-state index < -0.39 is 40.9 Å². The van der Waals surface area contributed by atoms with E-state index in [0.29, 0.717) is 32.3 Å². The first-order chi connectivity index (χ1) is 32.9. The highest BCUT2D eigenvalue weighted by molar-refractivity contribution is 6.01. The molecule has 0 bridgehead atoms. The molecule has 1 aromatic carbocycles. The Labute approximate surface area is 408 Å². The predicted molar refractivity (Wildman–Crippen MR) is 264 cm³/mol. The number of fused-ring (bicyclic) bond motifs is 7. The molecule has 376 valence electrons. The van der Waals surface area contributed by atoms with Crippen molar-refractivity contribution in [3.05, 3.63) is 71.8 Å². The van der Waals surface area contributed by atoms with E-state index in [4.69, 9.17) is 18.9 Å². The van der Waals surface area contributed by atoms with Crippen molar-refractivity contribution in [1.29, 1.82) is 0 Å². The summed E-state index contributed by atoms with van der Waals surface area (Å²) in [6, 6.07) is 9.55. The van der Waals surface area contributed by atoms with Gasteiger partial charge in [-0.3, -0.25) is 24.0 Å². The van der Waals surface area contributed by atoms with Crippen LogP contribution < -0.4 is 0 Å². The number of hydrogen-bond acceptors (Lipinski definition) is 10. The Balaban J connectivity index is 0.000000675. The number of benzene rings is 1. The molecular weight excluding hydrogens is 857 g/mol. The van der Waals surface area contributed by atoms with Crippen LogP contribution >= 0.6 is 0 Å². The van der Waals surface area contributed by atoms with Crippen molar-refractivity contribution in [3.8, 4) is 0 Å². The largest absolute Gasteiger partial charge is 0.463 e. The van der Waals surface area contributed by atoms with Gasteiger partial charge in [-0.15, -0.1) is 0 Å². The highest BCUT2D eigenvalue weighted by Crippen LogP contribution is 2.70. The maximum Gasteiger partial charge on any atom is 0.308 e. The van der Waals surface area contributed by atoms with Crippen LogP contribution in [0.4, 0.5) is 0 Å². The molecule has 4 unspecified atom stereocenters. The van der Waals surface area contributed by atoms with Crippen molar-refractivity contribution in [1.82, 2.24) is 0 Å². The average Bonchev–Trinajstić information content (AvgIpc) is 3.85. The lowest BCUT2D eigenvalue weighted by Gasteiger charge is -2.60. The van der Waals surface area contributed by atoms with Gasteiger partial charge in [-0.1, -0.05) is 159 Å². The number of carbonyl (C=O) groups is 5. The van der Waals surface area contributed by atoms with E-state index in [1.165, 1.54) is 64.2 Å². The van der Waals surface area contributed by atoms with Crippen molar-refractivity contribution in [2.45, 2.75) is 213 Å². The van der Waals surface area contributed by atoms with E-state index >= 15 is 0 Å². The van der Waals surface area contributed by atoms with Gasteiger partial charge >= 0.3 is 11.9 Å². The second kappa shape index (κ2) is 25.8. The van der Waals surface area contributed by atoms with Crippen LogP contribution in [-0.4, -0.2) is 60.7 Å². The van der Waals surface area contributed by atoms with Crippen LogP contribution in [0, 0.1) is 40.4 Å². The number of hydrogen-bond donors (Lipinski definition) is 0. The third kappa shape index (κ3) is 12.9. The van der Waals surface area contributed by atoms with Crippen LogP contribution in [-0.2, 0) is 54.3 Å². The lowest BCUT2D eigenvalue weighted by molar-refractivity contribution is -0.216. The highest BCUT2D eigenvalue weighted by Gasteiger charge is 2.76. The SMILES string of the molecule is CCCCCCCCCCC/C=C/CCCCC(=O)O[C@H]1C[C@@]2(C)C(CC3O[C@@H](C4CCCCC4)O[C@]32C(=O)COC(=O)C(C)C)C2CCC3=CC(=O)C=C[C@]3(C)C21.O=COCc1ccccc1. The second-order valence-electron chi connectivity index (χ2n) is 21.6. The molecule has 9 atom stereocenters. The summed E-state index contributed by atoms with van der Waals surface area (Å²) in [5.41, 5.74) is -0.372. The van der Waals surface area contributed by atoms with Crippen molar-refractivity contribution >= 4 is 30.0 Å². The Morgan fingerprint density at radius 3 is 2.22 bits per heavy atom. The topological polar surface area (TPSA) is 131 Å². The summed E-state index contributed by atoms with van der Waals surface area (Å²) < 4.78 is 30.8. The van der Waals surface area contributed by atoms with Crippen LogP contribution in [0.3, 0.4) is 0 Å². The molecule has 0 amide bonds. The molecule has 1 heterocycles. The van der Waals surface area contributed by atoms with Crippen molar-refractivity contribution in [2.24, 2.45) is 40.4 Å². The van der Waals surface area contributed by atoms with Gasteiger partial charge in [0.05, 0.1) is 12.0 Å². The molecule has 1 saturated heterocycles. The fraction of sp³-hybridized carbons (Fsp3) is 0.707. The van der Waals surface area contributed by atoms with Crippen LogP contribution in [0.25, 0.3) is 0 Å². The van der Waals surface area contributed by atoms with Crippen molar-refractivity contribution in [3.63, 3.8) is 0 Å². The lowest BCUT2D eigenvalue weighted by Crippen LogP contribution is -2.64. The van der Waals surface area contributed by atoms with Gasteiger partial charge in [-0.25, -0.2) is 0 Å². The Morgan fingerprint density at radius 1 is 0.868 bits per heavy atom. The Morgan fingerprint density at radius 2 is 1.54 bits per heavy atom. The summed E-state index contributed by atoms with van der Waals surface area (Å²) in [6.45, 7) is 10.6. The minimum Gasteiger partial charge on any atom is -0.463 e. The first kappa shape index (κ1) is 53.5. The summed E-state index contributed by atoms with van der Waals surface area (Å²) in [7, 11) is 0. The molecule has 0 N–H and O–H groups in total. The van der Waals surface area contributed by atoms with Gasteiger partial charge < -0.3 is 23.7 Å². The fourth-order valence-corrected chi connectivity index (χ4v) is 13.0. The summed E-state index contributed by atoms with van der Waals surface area (Å²) in [4.78, 5) is 63.7. The summed E-state index contributed by atoms with van der Waals surface area (Å²) in [6.07, 6.45) is 33.0. The van der Waals surface area contributed by atoms with Crippen LogP contribution in [0.15, 0.2) is 66.3 Å². The number of esters is 2. The summed E-state index contributed by atoms with van der Waals surface area (Å²) in [5.74, 6) is -0.876. The molecule has 5 aliphatic carbocycles. The number of carbonyl (C=O) groups excluding carboxylic acids is 5. The Hall–Kier alpha value is -3.89. The Bertz CT molecular complexity index is 1900. The van der Waals surface area contributed by atoms with E-state index in [9.17, 15) is 24.0 Å². The summed E-state index contributed by atoms with van der Waals surface area (Å²) >= 11 is 0. The first-order valence-electron chi connectivity index (χ1n) is 26.8. The van der Waals surface area contributed by atoms with Crippen LogP contribution in [0.1, 0.15) is 188 Å². The minimum atomic E-state index is -1.32. The highest BCUT2D eigenvalue weighted by atomic mass is 16.7. The molecule has 5 fully saturated rings. The third-order valence-electron chi connectivity index (χ3n) is 16.6. The fourth-order valence-electron chi connectivity index (χ4n) is 13.0. The number of ketones is 2. The quantitative estimate of drug-likeness (QED) is 0.0324. The zero-order valence-electron chi connectivity index (χ0n) is 42.2. The third-order valence-corrected chi connectivity index (χ3v) is 16.6. The average molecular weight is 941 g/mol. The smallest absolute Gasteiger partial charge is 0.308 e. The molecular formula is C58H84O10. The molecule has 4 saturated carbocycles. The van der Waals surface area contributed by atoms with Gasteiger partial charge in [0, 0.05) is 29.1 Å². The molecule has 1 aromatic rings. The lowest BCUT2D eigenvalue weighted by atomic mass is 9.46. The van der Waals surface area contributed by atoms with Crippen LogP contribution in [0.5, 0.6) is 0 Å². The molecule has 6 aliphatic rings. The second-order valence-corrected chi connectivity index (χ2v) is 21.6. The molecule has 0 radical (unpaired) electrons. The number of allylic oxidation sites excluding steroid dienone is 6. The first-order valence-corrected chi connectivity index (χ1v) is 26.8. The van der Waals surface area contributed by atoms with Gasteiger partial charge in [-0.05, 0) is 100 Å². The van der Waals surface area contributed by atoms with E-state index in [1.54, 1.807) is 26.0 Å². The summed E-state index contributed by atoms with van der Waals surface area (Å²) in [5, 5.41) is 0. The molecule has 1 aliphatic heterocycles. The molecule has 10 nitrogen and oxygen atoms in total. The zero-order valence-corrected chi connectivity index (χ0v) is 42.2.